The van der Waals surface area contributed by atoms with Gasteiger partial charge in [0.1, 0.15) is 28.4 Å². The summed E-state index contributed by atoms with van der Waals surface area (Å²) in [5.74, 6) is 0. The molecule has 2 heterocycles. The zero-order valence-corrected chi connectivity index (χ0v) is 25.6. The van der Waals surface area contributed by atoms with Crippen molar-refractivity contribution >= 4 is 43.9 Å². The summed E-state index contributed by atoms with van der Waals surface area (Å²) in [5, 5.41) is 23.8. The quantitative estimate of drug-likeness (QED) is 0.198. The molecular formula is C44H24N2O2. The van der Waals surface area contributed by atoms with E-state index >= 15 is 0 Å². The molecule has 0 unspecified atom stereocenters. The monoisotopic (exact) mass is 612 g/mol. The van der Waals surface area contributed by atoms with Crippen LogP contribution >= 0.6 is 0 Å². The summed E-state index contributed by atoms with van der Waals surface area (Å²) in [7, 11) is 0. The molecule has 0 fully saturated rings. The molecule has 2 aromatic heterocycles. The van der Waals surface area contributed by atoms with E-state index in [4.69, 9.17) is 8.83 Å². The van der Waals surface area contributed by atoms with E-state index in [-0.39, 0.29) is 0 Å². The first-order valence-electron chi connectivity index (χ1n) is 15.7. The molecule has 0 radical (unpaired) electrons. The highest BCUT2D eigenvalue weighted by molar-refractivity contribution is 6.18. The van der Waals surface area contributed by atoms with E-state index in [2.05, 4.69) is 78.9 Å². The van der Waals surface area contributed by atoms with Gasteiger partial charge in [0, 0.05) is 43.8 Å². The van der Waals surface area contributed by atoms with Crippen LogP contribution in [0.5, 0.6) is 0 Å². The molecule has 0 N–H and O–H groups in total. The number of rotatable bonds is 4. The molecule has 48 heavy (non-hydrogen) atoms. The number of furan rings is 2. The number of para-hydroxylation sites is 2. The molecule has 0 aliphatic carbocycles. The molecule has 0 aliphatic heterocycles. The smallest absolute Gasteiger partial charge is 0.143 e. The number of fused-ring (bicyclic) bond motifs is 6. The molecular weight excluding hydrogens is 588 g/mol. The van der Waals surface area contributed by atoms with Crippen LogP contribution in [0.4, 0.5) is 0 Å². The molecule has 0 amide bonds. The summed E-state index contributed by atoms with van der Waals surface area (Å²) in [6.45, 7) is 0. The maximum absolute atomic E-state index is 10.5. The first-order valence-corrected chi connectivity index (χ1v) is 15.7. The van der Waals surface area contributed by atoms with Gasteiger partial charge in [-0.1, -0.05) is 109 Å². The van der Waals surface area contributed by atoms with Crippen molar-refractivity contribution in [1.82, 2.24) is 0 Å². The van der Waals surface area contributed by atoms with E-state index < -0.39 is 0 Å². The molecule has 0 saturated heterocycles. The van der Waals surface area contributed by atoms with Crippen molar-refractivity contribution in [3.05, 3.63) is 157 Å². The second-order valence-electron chi connectivity index (χ2n) is 11.9. The van der Waals surface area contributed by atoms with Gasteiger partial charge in [-0.3, -0.25) is 0 Å². The molecule has 0 spiro atoms. The van der Waals surface area contributed by atoms with Crippen molar-refractivity contribution in [2.45, 2.75) is 0 Å². The van der Waals surface area contributed by atoms with E-state index in [1.54, 1.807) is 6.07 Å². The van der Waals surface area contributed by atoms with Gasteiger partial charge in [0.15, 0.2) is 0 Å². The number of benzene rings is 7. The number of hydrogen-bond acceptors (Lipinski definition) is 4. The highest BCUT2D eigenvalue weighted by Gasteiger charge is 2.21. The van der Waals surface area contributed by atoms with Crippen LogP contribution in [-0.4, -0.2) is 0 Å². The maximum atomic E-state index is 10.5. The predicted molar refractivity (Wildman–Crippen MR) is 192 cm³/mol. The fraction of sp³-hybridized carbons (Fsp3) is 0. The third-order valence-corrected chi connectivity index (χ3v) is 9.17. The normalized spacial score (nSPS) is 11.3. The highest BCUT2D eigenvalue weighted by atomic mass is 16.3. The van der Waals surface area contributed by atoms with Gasteiger partial charge in [-0.15, -0.1) is 0 Å². The topological polar surface area (TPSA) is 73.9 Å². The van der Waals surface area contributed by atoms with Crippen molar-refractivity contribution in [2.75, 3.05) is 0 Å². The van der Waals surface area contributed by atoms with Crippen molar-refractivity contribution in [2.24, 2.45) is 0 Å². The zero-order valence-electron chi connectivity index (χ0n) is 25.6. The number of hydrogen-bond donors (Lipinski definition) is 0. The molecule has 4 heteroatoms. The van der Waals surface area contributed by atoms with Crippen molar-refractivity contribution in [1.29, 1.82) is 10.5 Å². The Kier molecular flexibility index (Phi) is 6.22. The lowest BCUT2D eigenvalue weighted by atomic mass is 9.87. The van der Waals surface area contributed by atoms with Crippen LogP contribution in [0, 0.1) is 22.7 Å². The van der Waals surface area contributed by atoms with Crippen LogP contribution in [0.2, 0.25) is 0 Å². The lowest BCUT2D eigenvalue weighted by molar-refractivity contribution is 0.665. The summed E-state index contributed by atoms with van der Waals surface area (Å²) in [4.78, 5) is 0. The van der Waals surface area contributed by atoms with E-state index in [0.717, 1.165) is 88.4 Å². The fourth-order valence-electron chi connectivity index (χ4n) is 6.99. The summed E-state index contributed by atoms with van der Waals surface area (Å²) in [6.07, 6.45) is 0. The third-order valence-electron chi connectivity index (χ3n) is 9.17. The van der Waals surface area contributed by atoms with Gasteiger partial charge in [-0.2, -0.15) is 10.5 Å². The van der Waals surface area contributed by atoms with Crippen LogP contribution in [0.15, 0.2) is 154 Å². The molecule has 4 nitrogen and oxygen atoms in total. The van der Waals surface area contributed by atoms with E-state index in [1.807, 2.05) is 72.8 Å². The molecule has 0 saturated carbocycles. The molecule has 222 valence electrons. The Morgan fingerprint density at radius 2 is 0.979 bits per heavy atom. The second-order valence-corrected chi connectivity index (χ2v) is 11.9. The Morgan fingerprint density at radius 3 is 1.62 bits per heavy atom. The van der Waals surface area contributed by atoms with Crippen LogP contribution in [-0.2, 0) is 0 Å². The standard InChI is InChI=1S/C44H24N2O2/c45-25-27-20-21-40-38(22-27)34-17-7-15-32(43(34)47-40)33-16-8-18-35-42-31(14-9-19-41(42)48-44(33)35)30-23-36(28-10-3-1-4-11-28)39(26-46)37(24-30)29-12-5-2-6-13-29/h1-24H. The second kappa shape index (κ2) is 10.9. The Bertz CT molecular complexity index is 2730. The summed E-state index contributed by atoms with van der Waals surface area (Å²) in [6, 6.07) is 53.2. The largest absolute Gasteiger partial charge is 0.455 e. The third kappa shape index (κ3) is 4.22. The minimum absolute atomic E-state index is 0.594. The van der Waals surface area contributed by atoms with Gasteiger partial charge in [0.05, 0.1) is 17.2 Å². The Balaban J connectivity index is 1.31. The van der Waals surface area contributed by atoms with Crippen molar-refractivity contribution in [3.63, 3.8) is 0 Å². The van der Waals surface area contributed by atoms with Gasteiger partial charge in [-0.25, -0.2) is 0 Å². The molecule has 0 aliphatic rings. The minimum Gasteiger partial charge on any atom is -0.455 e. The van der Waals surface area contributed by atoms with Crippen LogP contribution in [0.25, 0.3) is 88.4 Å². The van der Waals surface area contributed by atoms with Crippen molar-refractivity contribution < 1.29 is 8.83 Å². The van der Waals surface area contributed by atoms with E-state index in [9.17, 15) is 10.5 Å². The first-order chi connectivity index (χ1) is 23.7. The summed E-state index contributed by atoms with van der Waals surface area (Å²) in [5.41, 5.74) is 11.9. The first kappa shape index (κ1) is 27.4. The molecule has 9 aromatic rings. The summed E-state index contributed by atoms with van der Waals surface area (Å²) >= 11 is 0. The Hall–Kier alpha value is -6.88. The lowest BCUT2D eigenvalue weighted by Gasteiger charge is -2.15. The summed E-state index contributed by atoms with van der Waals surface area (Å²) < 4.78 is 13.1. The van der Waals surface area contributed by atoms with Gasteiger partial charge in [0.25, 0.3) is 0 Å². The van der Waals surface area contributed by atoms with Gasteiger partial charge in [0.2, 0.25) is 0 Å². The molecule has 0 atom stereocenters. The number of nitriles is 2. The molecule has 9 rings (SSSR count). The zero-order chi connectivity index (χ0) is 32.2. The highest BCUT2D eigenvalue weighted by Crippen LogP contribution is 2.45. The fourth-order valence-corrected chi connectivity index (χ4v) is 6.99. The predicted octanol–water partition coefficient (Wildman–Crippen LogP) is 11.9. The Morgan fingerprint density at radius 1 is 0.396 bits per heavy atom. The van der Waals surface area contributed by atoms with Crippen LogP contribution in [0.3, 0.4) is 0 Å². The SMILES string of the molecule is N#Cc1ccc2oc3c(-c4cccc5c4oc4cccc(-c6cc(-c7ccccc7)c(C#N)c(-c7ccccc7)c6)c45)cccc3c2c1. The van der Waals surface area contributed by atoms with Crippen molar-refractivity contribution in [3.8, 4) is 56.6 Å². The minimum atomic E-state index is 0.594. The lowest BCUT2D eigenvalue weighted by Crippen LogP contribution is -1.93. The molecule has 7 aromatic carbocycles. The number of nitrogens with zero attached hydrogens (tertiary/aromatic N) is 2. The van der Waals surface area contributed by atoms with E-state index in [0.29, 0.717) is 11.1 Å². The van der Waals surface area contributed by atoms with Crippen LogP contribution < -0.4 is 0 Å². The average Bonchev–Trinajstić information content (AvgIpc) is 3.73. The maximum Gasteiger partial charge on any atom is 0.143 e. The van der Waals surface area contributed by atoms with Gasteiger partial charge in [-0.05, 0) is 58.7 Å². The Labute approximate surface area is 275 Å². The average molecular weight is 613 g/mol. The molecule has 0 bridgehead atoms. The van der Waals surface area contributed by atoms with Gasteiger partial charge >= 0.3 is 0 Å². The van der Waals surface area contributed by atoms with E-state index in [1.165, 1.54) is 0 Å². The van der Waals surface area contributed by atoms with Gasteiger partial charge < -0.3 is 8.83 Å². The van der Waals surface area contributed by atoms with Crippen LogP contribution in [0.1, 0.15) is 11.1 Å².